The molecule has 0 saturated heterocycles. The molecule has 140 valence electrons. The minimum atomic E-state index is 0. The van der Waals surface area contributed by atoms with E-state index in [1.807, 2.05) is 6.07 Å². The maximum atomic E-state index is 11.8. The first-order valence-electron chi connectivity index (χ1n) is 8.58. The second kappa shape index (κ2) is 12.3. The van der Waals surface area contributed by atoms with E-state index in [4.69, 9.17) is 0 Å². The monoisotopic (exact) mass is 476 g/mol. The minimum absolute atomic E-state index is 0. The number of halogens is 1. The first-order chi connectivity index (χ1) is 11.6. The third-order valence-corrected chi connectivity index (χ3v) is 4.88. The summed E-state index contributed by atoms with van der Waals surface area (Å²) in [5, 5.41) is 8.73. The highest BCUT2D eigenvalue weighted by molar-refractivity contribution is 14.0. The summed E-state index contributed by atoms with van der Waals surface area (Å²) in [5.74, 6) is 0.706. The van der Waals surface area contributed by atoms with Crippen LogP contribution < -0.4 is 10.6 Å². The molecule has 5 nitrogen and oxygen atoms in total. The molecule has 0 aromatic carbocycles. The van der Waals surface area contributed by atoms with Crippen molar-refractivity contribution in [3.63, 3.8) is 0 Å². The lowest BCUT2D eigenvalue weighted by Gasteiger charge is -2.16. The average molecular weight is 476 g/mol. The van der Waals surface area contributed by atoms with Gasteiger partial charge in [0.15, 0.2) is 5.96 Å². The van der Waals surface area contributed by atoms with Gasteiger partial charge in [0, 0.05) is 25.5 Å². The average Bonchev–Trinajstić information content (AvgIpc) is 3.10. The number of nitrogens with zero attached hydrogens (tertiary/aromatic N) is 2. The highest BCUT2D eigenvalue weighted by atomic mass is 127. The van der Waals surface area contributed by atoms with Gasteiger partial charge in [0.05, 0.1) is 6.54 Å². The van der Waals surface area contributed by atoms with Crippen LogP contribution in [0.1, 0.15) is 37.0 Å². The van der Waals surface area contributed by atoms with E-state index in [9.17, 15) is 4.79 Å². The second-order valence-electron chi connectivity index (χ2n) is 6.17. The zero-order valence-corrected chi connectivity index (χ0v) is 18.2. The Kier molecular flexibility index (Phi) is 10.8. The molecule has 0 fully saturated rings. The number of allylic oxidation sites excluding steroid dienone is 1. The fourth-order valence-corrected chi connectivity index (χ4v) is 3.16. The Balaban J connectivity index is 0.00000312. The van der Waals surface area contributed by atoms with E-state index in [0.29, 0.717) is 5.96 Å². The van der Waals surface area contributed by atoms with E-state index in [0.717, 1.165) is 19.5 Å². The summed E-state index contributed by atoms with van der Waals surface area (Å²) in [6.07, 6.45) is 8.47. The van der Waals surface area contributed by atoms with Gasteiger partial charge in [-0.25, -0.2) is 4.99 Å². The number of nitrogens with one attached hydrogen (secondary N) is 2. The van der Waals surface area contributed by atoms with E-state index >= 15 is 0 Å². The maximum Gasteiger partial charge on any atom is 0.243 e. The van der Waals surface area contributed by atoms with E-state index in [1.54, 1.807) is 30.3 Å². The van der Waals surface area contributed by atoms with Crippen molar-refractivity contribution in [2.24, 2.45) is 4.99 Å². The standard InChI is InChI=1S/C18H28N4OS.HI/c1-22(2)17(23)14-21-18(20-13-16-9-6-12-24-16)19-11-10-15-7-4-3-5-8-15;/h6-7,9,12H,3-5,8,10-11,13-14H2,1-2H3,(H2,19,20,21);1H. The molecule has 1 amide bonds. The van der Waals surface area contributed by atoms with Crippen molar-refractivity contribution in [2.75, 3.05) is 27.2 Å². The molecule has 2 rings (SSSR count). The van der Waals surface area contributed by atoms with Crippen LogP contribution in [0.3, 0.4) is 0 Å². The molecular weight excluding hydrogens is 447 g/mol. The Labute approximate surface area is 172 Å². The summed E-state index contributed by atoms with van der Waals surface area (Å²) in [6.45, 7) is 1.73. The molecule has 0 saturated carbocycles. The minimum Gasteiger partial charge on any atom is -0.356 e. The predicted molar refractivity (Wildman–Crippen MR) is 117 cm³/mol. The van der Waals surface area contributed by atoms with Crippen LogP contribution in [0.2, 0.25) is 0 Å². The van der Waals surface area contributed by atoms with Crippen molar-refractivity contribution in [3.05, 3.63) is 34.0 Å². The molecule has 1 heterocycles. The zero-order valence-electron chi connectivity index (χ0n) is 15.1. The molecule has 0 aliphatic heterocycles. The van der Waals surface area contributed by atoms with Crippen molar-refractivity contribution in [1.29, 1.82) is 0 Å². The molecular formula is C18H29IN4OS. The quantitative estimate of drug-likeness (QED) is 0.275. The summed E-state index contributed by atoms with van der Waals surface area (Å²) < 4.78 is 0. The number of amides is 1. The first-order valence-corrected chi connectivity index (χ1v) is 9.46. The number of guanidine groups is 1. The largest absolute Gasteiger partial charge is 0.356 e. The Morgan fingerprint density at radius 1 is 1.32 bits per heavy atom. The van der Waals surface area contributed by atoms with Crippen molar-refractivity contribution in [3.8, 4) is 0 Å². The van der Waals surface area contributed by atoms with Crippen LogP contribution in [0.25, 0.3) is 0 Å². The Hall–Kier alpha value is -1.09. The summed E-state index contributed by atoms with van der Waals surface area (Å²) >= 11 is 1.71. The van der Waals surface area contributed by atoms with Crippen LogP contribution >= 0.6 is 35.3 Å². The van der Waals surface area contributed by atoms with Crippen molar-refractivity contribution in [2.45, 2.75) is 38.6 Å². The lowest BCUT2D eigenvalue weighted by atomic mass is 9.97. The molecule has 2 N–H and O–H groups in total. The Bertz CT molecular complexity index is 570. The summed E-state index contributed by atoms with van der Waals surface area (Å²) in [5.41, 5.74) is 1.54. The summed E-state index contributed by atoms with van der Waals surface area (Å²) in [7, 11) is 3.50. The van der Waals surface area contributed by atoms with Gasteiger partial charge in [-0.3, -0.25) is 4.79 Å². The Morgan fingerprint density at radius 2 is 2.16 bits per heavy atom. The second-order valence-corrected chi connectivity index (χ2v) is 7.20. The van der Waals surface area contributed by atoms with Gasteiger partial charge in [0.2, 0.25) is 5.91 Å². The van der Waals surface area contributed by atoms with Crippen LogP contribution in [-0.4, -0.2) is 44.0 Å². The van der Waals surface area contributed by atoms with Gasteiger partial charge >= 0.3 is 0 Å². The molecule has 7 heteroatoms. The van der Waals surface area contributed by atoms with Gasteiger partial charge in [-0.2, -0.15) is 0 Å². The molecule has 1 aromatic heterocycles. The van der Waals surface area contributed by atoms with E-state index in [1.165, 1.54) is 36.1 Å². The molecule has 1 aromatic rings. The van der Waals surface area contributed by atoms with Gasteiger partial charge in [-0.05, 0) is 43.6 Å². The predicted octanol–water partition coefficient (Wildman–Crippen LogP) is 3.38. The van der Waals surface area contributed by atoms with Crippen molar-refractivity contribution < 1.29 is 4.79 Å². The van der Waals surface area contributed by atoms with Crippen LogP contribution in [0.15, 0.2) is 34.2 Å². The van der Waals surface area contributed by atoms with E-state index < -0.39 is 0 Å². The van der Waals surface area contributed by atoms with Crippen molar-refractivity contribution >= 4 is 47.2 Å². The number of rotatable bonds is 7. The smallest absolute Gasteiger partial charge is 0.243 e. The Morgan fingerprint density at radius 3 is 2.80 bits per heavy atom. The molecule has 0 spiro atoms. The van der Waals surface area contributed by atoms with E-state index in [-0.39, 0.29) is 36.4 Å². The number of likely N-dealkylation sites (N-methyl/N-ethyl adjacent to an activating group) is 1. The van der Waals surface area contributed by atoms with Gasteiger partial charge in [0.25, 0.3) is 0 Å². The molecule has 0 atom stereocenters. The fraction of sp³-hybridized carbons (Fsp3) is 0.556. The summed E-state index contributed by atoms with van der Waals surface area (Å²) in [4.78, 5) is 19.0. The fourth-order valence-electron chi connectivity index (χ4n) is 2.52. The normalized spacial score (nSPS) is 14.3. The highest BCUT2D eigenvalue weighted by Crippen LogP contribution is 2.19. The number of carbonyl (C=O) groups is 1. The number of thiophene rings is 1. The number of aliphatic imine (C=N–C) groups is 1. The van der Waals surface area contributed by atoms with Crippen LogP contribution in [0, 0.1) is 0 Å². The highest BCUT2D eigenvalue weighted by Gasteiger charge is 2.07. The lowest BCUT2D eigenvalue weighted by molar-refractivity contribution is -0.127. The number of carbonyl (C=O) groups excluding carboxylic acids is 1. The third kappa shape index (κ3) is 8.71. The van der Waals surface area contributed by atoms with Gasteiger partial charge in [-0.15, -0.1) is 35.3 Å². The number of hydrogen-bond donors (Lipinski definition) is 2. The SMILES string of the molecule is CN(C)C(=O)CN=C(NCCC1=CCCCC1)NCc1cccs1.I. The van der Waals surface area contributed by atoms with Gasteiger partial charge < -0.3 is 15.5 Å². The lowest BCUT2D eigenvalue weighted by Crippen LogP contribution is -2.38. The third-order valence-electron chi connectivity index (χ3n) is 4.00. The molecule has 25 heavy (non-hydrogen) atoms. The zero-order chi connectivity index (χ0) is 17.2. The van der Waals surface area contributed by atoms with Crippen LogP contribution in [0.5, 0.6) is 0 Å². The van der Waals surface area contributed by atoms with Crippen molar-refractivity contribution in [1.82, 2.24) is 15.5 Å². The molecule has 1 aliphatic rings. The molecule has 0 bridgehead atoms. The molecule has 0 radical (unpaired) electrons. The number of hydrogen-bond acceptors (Lipinski definition) is 3. The molecule has 0 unspecified atom stereocenters. The molecule has 1 aliphatic carbocycles. The van der Waals surface area contributed by atoms with Gasteiger partial charge in [-0.1, -0.05) is 17.7 Å². The van der Waals surface area contributed by atoms with E-state index in [2.05, 4.69) is 33.1 Å². The first kappa shape index (κ1) is 22.0. The van der Waals surface area contributed by atoms with Crippen LogP contribution in [0.4, 0.5) is 0 Å². The van der Waals surface area contributed by atoms with Crippen LogP contribution in [-0.2, 0) is 11.3 Å². The summed E-state index contributed by atoms with van der Waals surface area (Å²) in [6, 6.07) is 4.13. The maximum absolute atomic E-state index is 11.8. The topological polar surface area (TPSA) is 56.7 Å². The van der Waals surface area contributed by atoms with Gasteiger partial charge in [0.1, 0.15) is 6.54 Å².